The quantitative estimate of drug-likeness (QED) is 0.783. The van der Waals surface area contributed by atoms with Crippen molar-refractivity contribution < 1.29 is 14.6 Å². The molecule has 4 heteroatoms. The molecule has 1 aromatic rings. The van der Waals surface area contributed by atoms with Gasteiger partial charge in [-0.2, -0.15) is 0 Å². The molecule has 3 nitrogen and oxygen atoms in total. The summed E-state index contributed by atoms with van der Waals surface area (Å²) in [4.78, 5) is 11.7. The first-order valence-corrected chi connectivity index (χ1v) is 5.67. The van der Waals surface area contributed by atoms with E-state index in [2.05, 4.69) is 6.92 Å². The van der Waals surface area contributed by atoms with Crippen LogP contribution in [0.2, 0.25) is 0 Å². The molecule has 0 amide bonds. The number of hydrogen-bond acceptors (Lipinski definition) is 3. The zero-order valence-electron chi connectivity index (χ0n) is 8.82. The molecule has 0 aliphatic carbocycles. The summed E-state index contributed by atoms with van der Waals surface area (Å²) in [7, 11) is 1.56. The van der Waals surface area contributed by atoms with Gasteiger partial charge in [0.2, 0.25) is 0 Å². The third kappa shape index (κ3) is 3.47. The third-order valence-electron chi connectivity index (χ3n) is 1.91. The number of methoxy groups -OCH3 is 1. The lowest BCUT2D eigenvalue weighted by Gasteiger charge is -2.08. The van der Waals surface area contributed by atoms with E-state index in [4.69, 9.17) is 9.84 Å². The fourth-order valence-electron chi connectivity index (χ4n) is 1.29. The van der Waals surface area contributed by atoms with E-state index in [0.717, 1.165) is 10.6 Å². The lowest BCUT2D eigenvalue weighted by atomic mass is 10.1. The highest BCUT2D eigenvalue weighted by Crippen LogP contribution is 2.26. The van der Waals surface area contributed by atoms with Crippen molar-refractivity contribution in [3.05, 3.63) is 23.8 Å². The summed E-state index contributed by atoms with van der Waals surface area (Å²) < 4.78 is 5.16. The molecule has 0 unspecified atom stereocenters. The first-order chi connectivity index (χ1) is 7.17. The Morgan fingerprint density at radius 1 is 1.53 bits per heavy atom. The topological polar surface area (TPSA) is 46.5 Å². The second kappa shape index (κ2) is 5.66. The number of carboxylic acid groups (broad SMARTS) is 1. The number of rotatable bonds is 5. The molecule has 1 N–H and O–H groups in total. The first-order valence-electron chi connectivity index (χ1n) is 4.69. The Balaban J connectivity index is 2.92. The van der Waals surface area contributed by atoms with E-state index < -0.39 is 5.97 Å². The molecule has 0 aliphatic rings. The Bertz CT molecular complexity index is 350. The Hall–Kier alpha value is -1.16. The van der Waals surface area contributed by atoms with Gasteiger partial charge in [0.25, 0.3) is 0 Å². The zero-order valence-corrected chi connectivity index (χ0v) is 9.63. The van der Waals surface area contributed by atoms with Crippen LogP contribution in [0.1, 0.15) is 12.5 Å². The number of aliphatic carboxylic acids is 1. The largest absolute Gasteiger partial charge is 0.496 e. The summed E-state index contributed by atoms with van der Waals surface area (Å²) in [5, 5.41) is 8.70. The molecular formula is C11H14O3S. The Morgan fingerprint density at radius 2 is 2.27 bits per heavy atom. The number of benzene rings is 1. The second-order valence-corrected chi connectivity index (χ2v) is 4.31. The monoisotopic (exact) mass is 226 g/mol. The maximum absolute atomic E-state index is 10.6. The predicted molar refractivity (Wildman–Crippen MR) is 60.7 cm³/mol. The van der Waals surface area contributed by atoms with Crippen molar-refractivity contribution in [2.75, 3.05) is 12.9 Å². The van der Waals surface area contributed by atoms with Gasteiger partial charge < -0.3 is 9.84 Å². The van der Waals surface area contributed by atoms with Crippen LogP contribution in [0, 0.1) is 0 Å². The van der Waals surface area contributed by atoms with Crippen LogP contribution in [0.15, 0.2) is 23.1 Å². The Labute approximate surface area is 93.4 Å². The SMILES string of the molecule is CCSc1ccc(CC(=O)O)c(OC)c1. The van der Waals surface area contributed by atoms with Crippen molar-refractivity contribution in [2.24, 2.45) is 0 Å². The predicted octanol–water partition coefficient (Wildman–Crippen LogP) is 2.43. The average Bonchev–Trinajstić information content (AvgIpc) is 2.20. The van der Waals surface area contributed by atoms with Gasteiger partial charge in [0.1, 0.15) is 5.75 Å². The molecular weight excluding hydrogens is 212 g/mol. The van der Waals surface area contributed by atoms with Crippen molar-refractivity contribution >= 4 is 17.7 Å². The molecule has 0 aromatic heterocycles. The number of ether oxygens (including phenoxy) is 1. The van der Waals surface area contributed by atoms with Gasteiger partial charge in [-0.3, -0.25) is 4.79 Å². The number of carboxylic acids is 1. The highest BCUT2D eigenvalue weighted by molar-refractivity contribution is 7.99. The minimum atomic E-state index is -0.843. The maximum atomic E-state index is 10.6. The Kier molecular flexibility index (Phi) is 4.49. The van der Waals surface area contributed by atoms with Crippen LogP contribution in [-0.4, -0.2) is 23.9 Å². The summed E-state index contributed by atoms with van der Waals surface area (Å²) in [6.07, 6.45) is 0.000243. The molecule has 1 rings (SSSR count). The highest BCUT2D eigenvalue weighted by atomic mass is 32.2. The lowest BCUT2D eigenvalue weighted by Crippen LogP contribution is -2.02. The Morgan fingerprint density at radius 3 is 2.80 bits per heavy atom. The second-order valence-electron chi connectivity index (χ2n) is 2.98. The summed E-state index contributed by atoms with van der Waals surface area (Å²) in [5.41, 5.74) is 0.713. The normalized spacial score (nSPS) is 10.0. The first kappa shape index (κ1) is 11.9. The van der Waals surface area contributed by atoms with E-state index in [1.165, 1.54) is 0 Å². The molecule has 0 atom stereocenters. The van der Waals surface area contributed by atoms with Crippen molar-refractivity contribution in [1.82, 2.24) is 0 Å². The van der Waals surface area contributed by atoms with Crippen LogP contribution in [0.3, 0.4) is 0 Å². The molecule has 0 aliphatic heterocycles. The number of hydrogen-bond donors (Lipinski definition) is 1. The molecule has 0 heterocycles. The van der Waals surface area contributed by atoms with Crippen LogP contribution < -0.4 is 4.74 Å². The van der Waals surface area contributed by atoms with E-state index in [0.29, 0.717) is 11.3 Å². The van der Waals surface area contributed by atoms with Gasteiger partial charge in [0.05, 0.1) is 13.5 Å². The zero-order chi connectivity index (χ0) is 11.3. The number of carbonyl (C=O) groups is 1. The average molecular weight is 226 g/mol. The molecule has 0 radical (unpaired) electrons. The van der Waals surface area contributed by atoms with Crippen LogP contribution in [0.4, 0.5) is 0 Å². The maximum Gasteiger partial charge on any atom is 0.307 e. The lowest BCUT2D eigenvalue weighted by molar-refractivity contribution is -0.136. The standard InChI is InChI=1S/C11H14O3S/c1-3-15-9-5-4-8(6-11(12)13)10(7-9)14-2/h4-5,7H,3,6H2,1-2H3,(H,12,13). The minimum absolute atomic E-state index is 0.000243. The van der Waals surface area contributed by atoms with E-state index >= 15 is 0 Å². The summed E-state index contributed by atoms with van der Waals surface area (Å²) in [6, 6.07) is 5.62. The van der Waals surface area contributed by atoms with Crippen LogP contribution in [0.25, 0.3) is 0 Å². The van der Waals surface area contributed by atoms with Gasteiger partial charge in [0.15, 0.2) is 0 Å². The van der Waals surface area contributed by atoms with E-state index in [1.54, 1.807) is 18.9 Å². The molecule has 0 saturated carbocycles. The number of thioether (sulfide) groups is 1. The minimum Gasteiger partial charge on any atom is -0.496 e. The van der Waals surface area contributed by atoms with Gasteiger partial charge >= 0.3 is 5.97 Å². The molecule has 82 valence electrons. The molecule has 0 saturated heterocycles. The van der Waals surface area contributed by atoms with E-state index in [-0.39, 0.29) is 6.42 Å². The third-order valence-corrected chi connectivity index (χ3v) is 2.79. The van der Waals surface area contributed by atoms with Crippen molar-refractivity contribution in [3.63, 3.8) is 0 Å². The summed E-state index contributed by atoms with van der Waals surface area (Å²) in [5.74, 6) is 0.793. The van der Waals surface area contributed by atoms with Crippen molar-refractivity contribution in [2.45, 2.75) is 18.2 Å². The molecule has 1 aromatic carbocycles. The highest BCUT2D eigenvalue weighted by Gasteiger charge is 2.08. The van der Waals surface area contributed by atoms with Crippen LogP contribution >= 0.6 is 11.8 Å². The van der Waals surface area contributed by atoms with Crippen molar-refractivity contribution in [3.8, 4) is 5.75 Å². The summed E-state index contributed by atoms with van der Waals surface area (Å²) in [6.45, 7) is 2.07. The van der Waals surface area contributed by atoms with Crippen molar-refractivity contribution in [1.29, 1.82) is 0 Å². The summed E-state index contributed by atoms with van der Waals surface area (Å²) >= 11 is 1.70. The van der Waals surface area contributed by atoms with Crippen LogP contribution in [-0.2, 0) is 11.2 Å². The molecule has 0 spiro atoms. The molecule has 15 heavy (non-hydrogen) atoms. The van der Waals surface area contributed by atoms with Gasteiger partial charge in [-0.15, -0.1) is 11.8 Å². The fraction of sp³-hybridized carbons (Fsp3) is 0.364. The van der Waals surface area contributed by atoms with Gasteiger partial charge in [-0.25, -0.2) is 0 Å². The van der Waals surface area contributed by atoms with Gasteiger partial charge in [0, 0.05) is 10.5 Å². The van der Waals surface area contributed by atoms with Crippen LogP contribution in [0.5, 0.6) is 5.75 Å². The van der Waals surface area contributed by atoms with E-state index in [9.17, 15) is 4.79 Å². The molecule has 0 bridgehead atoms. The fourth-order valence-corrected chi connectivity index (χ4v) is 1.98. The smallest absolute Gasteiger partial charge is 0.307 e. The van der Waals surface area contributed by atoms with Gasteiger partial charge in [-0.05, 0) is 17.9 Å². The van der Waals surface area contributed by atoms with Gasteiger partial charge in [-0.1, -0.05) is 13.0 Å². The molecule has 0 fully saturated rings. The van der Waals surface area contributed by atoms with E-state index in [1.807, 2.05) is 18.2 Å².